The first-order valence-electron chi connectivity index (χ1n) is 10.4. The van der Waals surface area contributed by atoms with Crippen molar-refractivity contribution < 1.29 is 18.7 Å². The molecular formula is C24H22FN3O3S. The van der Waals surface area contributed by atoms with Gasteiger partial charge in [-0.3, -0.25) is 9.69 Å². The molecule has 0 aliphatic carbocycles. The second kappa shape index (κ2) is 9.10. The zero-order valence-corrected chi connectivity index (χ0v) is 18.2. The number of aromatic nitrogens is 1. The number of carbonyl (C=O) groups is 1. The third-order valence-corrected chi connectivity index (χ3v) is 6.38. The molecule has 32 heavy (non-hydrogen) atoms. The SMILES string of the molecule is O=C(/C=C/c1ccc2c(c1)OCO2)N1CCN(Cc2nc(-c3ccc(F)cc3)cs2)CC1. The molecule has 164 valence electrons. The van der Waals surface area contributed by atoms with Crippen LogP contribution in [0.2, 0.25) is 0 Å². The van der Waals surface area contributed by atoms with Gasteiger partial charge in [-0.05, 0) is 48.0 Å². The average Bonchev–Trinajstić information content (AvgIpc) is 3.48. The molecule has 0 unspecified atom stereocenters. The molecule has 5 rings (SSSR count). The van der Waals surface area contributed by atoms with Crippen LogP contribution in [0.1, 0.15) is 10.6 Å². The molecule has 0 bridgehead atoms. The van der Waals surface area contributed by atoms with E-state index in [4.69, 9.17) is 9.47 Å². The summed E-state index contributed by atoms with van der Waals surface area (Å²) in [5, 5.41) is 3.02. The van der Waals surface area contributed by atoms with E-state index in [1.54, 1.807) is 29.5 Å². The van der Waals surface area contributed by atoms with E-state index in [1.165, 1.54) is 12.1 Å². The smallest absolute Gasteiger partial charge is 0.246 e. The lowest BCUT2D eigenvalue weighted by atomic mass is 10.2. The van der Waals surface area contributed by atoms with Gasteiger partial charge in [0.15, 0.2) is 11.5 Å². The van der Waals surface area contributed by atoms with Gasteiger partial charge in [0.05, 0.1) is 12.2 Å². The number of fused-ring (bicyclic) bond motifs is 1. The molecule has 3 heterocycles. The maximum atomic E-state index is 13.1. The van der Waals surface area contributed by atoms with Crippen molar-refractivity contribution in [1.82, 2.24) is 14.8 Å². The number of carbonyl (C=O) groups excluding carboxylic acids is 1. The summed E-state index contributed by atoms with van der Waals surface area (Å²) in [6.45, 7) is 3.95. The minimum atomic E-state index is -0.248. The van der Waals surface area contributed by atoms with Crippen molar-refractivity contribution in [1.29, 1.82) is 0 Å². The van der Waals surface area contributed by atoms with Crippen LogP contribution in [0.25, 0.3) is 17.3 Å². The van der Waals surface area contributed by atoms with E-state index < -0.39 is 0 Å². The maximum absolute atomic E-state index is 13.1. The van der Waals surface area contributed by atoms with Crippen LogP contribution in [0.3, 0.4) is 0 Å². The number of benzene rings is 2. The number of nitrogens with zero attached hydrogens (tertiary/aromatic N) is 3. The number of thiazole rings is 1. The Morgan fingerprint density at radius 2 is 1.84 bits per heavy atom. The van der Waals surface area contributed by atoms with Crippen LogP contribution in [0.5, 0.6) is 11.5 Å². The number of halogens is 1. The minimum absolute atomic E-state index is 0.00941. The average molecular weight is 452 g/mol. The summed E-state index contributed by atoms with van der Waals surface area (Å²) in [6.07, 6.45) is 3.42. The van der Waals surface area contributed by atoms with Crippen molar-refractivity contribution in [3.05, 3.63) is 70.3 Å². The van der Waals surface area contributed by atoms with Gasteiger partial charge in [0.1, 0.15) is 10.8 Å². The molecule has 8 heteroatoms. The van der Waals surface area contributed by atoms with E-state index in [1.807, 2.05) is 34.6 Å². The van der Waals surface area contributed by atoms with E-state index in [9.17, 15) is 9.18 Å². The molecule has 3 aromatic rings. The molecule has 2 aliphatic heterocycles. The monoisotopic (exact) mass is 451 g/mol. The quantitative estimate of drug-likeness (QED) is 0.548. The van der Waals surface area contributed by atoms with Crippen molar-refractivity contribution in [2.75, 3.05) is 33.0 Å². The Morgan fingerprint density at radius 3 is 2.66 bits per heavy atom. The Bertz CT molecular complexity index is 1140. The van der Waals surface area contributed by atoms with Crippen molar-refractivity contribution in [3.8, 4) is 22.8 Å². The van der Waals surface area contributed by atoms with Gasteiger partial charge in [0.2, 0.25) is 12.7 Å². The number of rotatable bonds is 5. The van der Waals surface area contributed by atoms with E-state index in [0.29, 0.717) is 18.8 Å². The van der Waals surface area contributed by atoms with E-state index in [-0.39, 0.29) is 18.5 Å². The summed E-state index contributed by atoms with van der Waals surface area (Å²) < 4.78 is 23.8. The Balaban J connectivity index is 1.12. The maximum Gasteiger partial charge on any atom is 0.246 e. The molecule has 0 N–H and O–H groups in total. The van der Waals surface area contributed by atoms with Gasteiger partial charge in [-0.2, -0.15) is 0 Å². The van der Waals surface area contributed by atoms with Crippen molar-refractivity contribution >= 4 is 23.3 Å². The molecule has 1 saturated heterocycles. The summed E-state index contributed by atoms with van der Waals surface area (Å²) in [4.78, 5) is 21.4. The predicted molar refractivity (Wildman–Crippen MR) is 121 cm³/mol. The summed E-state index contributed by atoms with van der Waals surface area (Å²) in [6, 6.07) is 12.0. The summed E-state index contributed by atoms with van der Waals surface area (Å²) in [5.41, 5.74) is 2.69. The van der Waals surface area contributed by atoms with Crippen LogP contribution in [0.4, 0.5) is 4.39 Å². The van der Waals surface area contributed by atoms with E-state index in [0.717, 1.165) is 47.2 Å². The van der Waals surface area contributed by atoms with Gasteiger partial charge in [0, 0.05) is 43.2 Å². The molecule has 1 fully saturated rings. The van der Waals surface area contributed by atoms with Crippen LogP contribution in [0, 0.1) is 5.82 Å². The fourth-order valence-corrected chi connectivity index (χ4v) is 4.59. The zero-order chi connectivity index (χ0) is 21.9. The summed E-state index contributed by atoms with van der Waals surface area (Å²) >= 11 is 1.61. The van der Waals surface area contributed by atoms with E-state index in [2.05, 4.69) is 9.88 Å². The number of hydrogen-bond donors (Lipinski definition) is 0. The molecule has 1 amide bonds. The Morgan fingerprint density at radius 1 is 1.06 bits per heavy atom. The van der Waals surface area contributed by atoms with Crippen LogP contribution < -0.4 is 9.47 Å². The zero-order valence-electron chi connectivity index (χ0n) is 17.4. The van der Waals surface area contributed by atoms with Gasteiger partial charge >= 0.3 is 0 Å². The van der Waals surface area contributed by atoms with Gasteiger partial charge in [-0.15, -0.1) is 11.3 Å². The fraction of sp³-hybridized carbons (Fsp3) is 0.250. The Hall–Kier alpha value is -3.23. The van der Waals surface area contributed by atoms with Crippen LogP contribution >= 0.6 is 11.3 Å². The van der Waals surface area contributed by atoms with Crippen molar-refractivity contribution in [2.45, 2.75) is 6.54 Å². The van der Waals surface area contributed by atoms with Gasteiger partial charge in [-0.1, -0.05) is 6.07 Å². The molecule has 2 aromatic carbocycles. The largest absolute Gasteiger partial charge is 0.454 e. The first-order valence-corrected chi connectivity index (χ1v) is 11.3. The fourth-order valence-electron chi connectivity index (χ4n) is 3.74. The lowest BCUT2D eigenvalue weighted by Gasteiger charge is -2.33. The van der Waals surface area contributed by atoms with Gasteiger partial charge in [-0.25, -0.2) is 9.37 Å². The van der Waals surface area contributed by atoms with Crippen molar-refractivity contribution in [2.24, 2.45) is 0 Å². The number of piperazine rings is 1. The van der Waals surface area contributed by atoms with Crippen LogP contribution in [0.15, 0.2) is 53.9 Å². The third-order valence-electron chi connectivity index (χ3n) is 5.55. The molecular weight excluding hydrogens is 429 g/mol. The minimum Gasteiger partial charge on any atom is -0.454 e. The molecule has 0 spiro atoms. The second-order valence-electron chi connectivity index (χ2n) is 7.68. The number of hydrogen-bond acceptors (Lipinski definition) is 6. The molecule has 0 atom stereocenters. The molecule has 0 saturated carbocycles. The first kappa shape index (κ1) is 20.7. The summed E-state index contributed by atoms with van der Waals surface area (Å²) in [5.74, 6) is 1.20. The number of ether oxygens (including phenoxy) is 2. The predicted octanol–water partition coefficient (Wildman–Crippen LogP) is 4.04. The highest BCUT2D eigenvalue weighted by Gasteiger charge is 2.21. The second-order valence-corrected chi connectivity index (χ2v) is 8.62. The standard InChI is InChI=1S/C24H22FN3O3S/c25-19-5-3-18(4-6-19)20-15-32-23(26-20)14-27-9-11-28(12-10-27)24(29)8-2-17-1-7-21-22(13-17)31-16-30-21/h1-8,13,15H,9-12,14,16H2/b8-2+. The highest BCUT2D eigenvalue weighted by molar-refractivity contribution is 7.09. The number of amides is 1. The normalized spacial score (nSPS) is 16.1. The van der Waals surface area contributed by atoms with Crippen molar-refractivity contribution in [3.63, 3.8) is 0 Å². The highest BCUT2D eigenvalue weighted by atomic mass is 32.1. The molecule has 0 radical (unpaired) electrons. The van der Waals surface area contributed by atoms with Gasteiger partial charge < -0.3 is 14.4 Å². The molecule has 2 aliphatic rings. The molecule has 6 nitrogen and oxygen atoms in total. The highest BCUT2D eigenvalue weighted by Crippen LogP contribution is 2.32. The first-order chi connectivity index (χ1) is 15.6. The third kappa shape index (κ3) is 4.66. The van der Waals surface area contributed by atoms with Crippen LogP contribution in [-0.4, -0.2) is 53.7 Å². The van der Waals surface area contributed by atoms with Gasteiger partial charge in [0.25, 0.3) is 0 Å². The molecule has 1 aromatic heterocycles. The topological polar surface area (TPSA) is 54.9 Å². The Kier molecular flexibility index (Phi) is 5.87. The summed E-state index contributed by atoms with van der Waals surface area (Å²) in [7, 11) is 0. The van der Waals surface area contributed by atoms with E-state index >= 15 is 0 Å². The van der Waals surface area contributed by atoms with Crippen LogP contribution in [-0.2, 0) is 11.3 Å². The lowest BCUT2D eigenvalue weighted by Crippen LogP contribution is -2.47. The lowest BCUT2D eigenvalue weighted by molar-refractivity contribution is -0.127. The Labute approximate surface area is 189 Å².